The van der Waals surface area contributed by atoms with Crippen molar-refractivity contribution in [3.63, 3.8) is 0 Å². The van der Waals surface area contributed by atoms with Gasteiger partial charge in [-0.15, -0.1) is 0 Å². The summed E-state index contributed by atoms with van der Waals surface area (Å²) in [4.78, 5) is 14.4. The number of rotatable bonds is 2. The van der Waals surface area contributed by atoms with Crippen LogP contribution in [-0.4, -0.2) is 23.1 Å². The Bertz CT molecular complexity index is 312. The lowest BCUT2D eigenvalue weighted by atomic mass is 10.2. The lowest BCUT2D eigenvalue weighted by Crippen LogP contribution is -2.06. The Morgan fingerprint density at radius 2 is 2.42 bits per heavy atom. The summed E-state index contributed by atoms with van der Waals surface area (Å²) >= 11 is 0. The molecule has 0 amide bonds. The van der Waals surface area contributed by atoms with Crippen molar-refractivity contribution in [2.45, 2.75) is 0 Å². The van der Waals surface area contributed by atoms with Crippen LogP contribution in [0.4, 0.5) is 11.5 Å². The zero-order valence-corrected chi connectivity index (χ0v) is 6.53. The van der Waals surface area contributed by atoms with E-state index in [-0.39, 0.29) is 11.4 Å². The normalized spacial score (nSPS) is 9.42. The summed E-state index contributed by atoms with van der Waals surface area (Å²) in [5, 5.41) is 11.4. The predicted octanol–water partition coefficient (Wildman–Crippen LogP) is 0.404. The molecule has 64 valence electrons. The Morgan fingerprint density at radius 3 is 2.83 bits per heavy atom. The number of nitrogens with two attached hydrogens (primary N) is 1. The van der Waals surface area contributed by atoms with Gasteiger partial charge in [-0.25, -0.2) is 9.78 Å². The summed E-state index contributed by atoms with van der Waals surface area (Å²) in [6.45, 7) is 0. The number of hydrogen-bond donors (Lipinski definition) is 3. The topological polar surface area (TPSA) is 88.2 Å². The van der Waals surface area contributed by atoms with Crippen molar-refractivity contribution in [2.24, 2.45) is 0 Å². The SMILES string of the molecule is CNc1c(C(=O)O)ccnc1N. The van der Waals surface area contributed by atoms with E-state index in [1.54, 1.807) is 7.05 Å². The summed E-state index contributed by atoms with van der Waals surface area (Å²) in [5.41, 5.74) is 5.91. The molecule has 0 atom stereocenters. The Morgan fingerprint density at radius 1 is 1.75 bits per heavy atom. The molecule has 1 heterocycles. The molecule has 1 aromatic heterocycles. The maximum absolute atomic E-state index is 10.6. The van der Waals surface area contributed by atoms with Gasteiger partial charge in [0.25, 0.3) is 0 Å². The van der Waals surface area contributed by atoms with Gasteiger partial charge in [-0.1, -0.05) is 0 Å². The van der Waals surface area contributed by atoms with Crippen LogP contribution in [0.2, 0.25) is 0 Å². The molecule has 0 aromatic carbocycles. The predicted molar refractivity (Wildman–Crippen MR) is 45.2 cm³/mol. The highest BCUT2D eigenvalue weighted by molar-refractivity contribution is 5.96. The van der Waals surface area contributed by atoms with Crippen LogP contribution >= 0.6 is 0 Å². The number of pyridine rings is 1. The van der Waals surface area contributed by atoms with E-state index >= 15 is 0 Å². The first kappa shape index (κ1) is 8.32. The molecule has 0 saturated heterocycles. The number of aromatic carboxylic acids is 1. The number of anilines is 2. The summed E-state index contributed by atoms with van der Waals surface area (Å²) in [5.74, 6) is -0.828. The lowest BCUT2D eigenvalue weighted by molar-refractivity contribution is 0.0698. The van der Waals surface area contributed by atoms with Gasteiger partial charge in [-0.2, -0.15) is 0 Å². The van der Waals surface area contributed by atoms with Crippen LogP contribution in [0.25, 0.3) is 0 Å². The molecule has 1 aromatic rings. The summed E-state index contributed by atoms with van der Waals surface area (Å²) < 4.78 is 0. The van der Waals surface area contributed by atoms with Gasteiger partial charge < -0.3 is 16.2 Å². The summed E-state index contributed by atoms with van der Waals surface area (Å²) in [7, 11) is 1.60. The molecule has 4 N–H and O–H groups in total. The van der Waals surface area contributed by atoms with Crippen molar-refractivity contribution in [3.05, 3.63) is 17.8 Å². The molecule has 0 spiro atoms. The quantitative estimate of drug-likeness (QED) is 0.593. The number of carboxylic acids is 1. The number of carboxylic acid groups (broad SMARTS) is 1. The maximum Gasteiger partial charge on any atom is 0.337 e. The first-order valence-electron chi connectivity index (χ1n) is 3.32. The first-order chi connectivity index (χ1) is 5.66. The van der Waals surface area contributed by atoms with E-state index in [0.717, 1.165) is 0 Å². The van der Waals surface area contributed by atoms with Gasteiger partial charge in [-0.05, 0) is 6.07 Å². The maximum atomic E-state index is 10.6. The Labute approximate surface area is 69.2 Å². The average molecular weight is 167 g/mol. The monoisotopic (exact) mass is 167 g/mol. The molecule has 5 heteroatoms. The third-order valence-electron chi connectivity index (χ3n) is 1.46. The number of nitrogens with zero attached hydrogens (tertiary/aromatic N) is 1. The third kappa shape index (κ3) is 1.29. The second-order valence-corrected chi connectivity index (χ2v) is 2.17. The van der Waals surface area contributed by atoms with E-state index in [9.17, 15) is 4.79 Å². The summed E-state index contributed by atoms with van der Waals surface area (Å²) in [6, 6.07) is 1.39. The van der Waals surface area contributed by atoms with Crippen molar-refractivity contribution in [3.8, 4) is 0 Å². The number of nitrogens with one attached hydrogen (secondary N) is 1. The third-order valence-corrected chi connectivity index (χ3v) is 1.46. The molecule has 0 aliphatic heterocycles. The molecular weight excluding hydrogens is 158 g/mol. The smallest absolute Gasteiger partial charge is 0.337 e. The van der Waals surface area contributed by atoms with E-state index in [4.69, 9.17) is 10.8 Å². The molecule has 0 radical (unpaired) electrons. The Kier molecular flexibility index (Phi) is 2.14. The molecule has 0 aliphatic rings. The largest absolute Gasteiger partial charge is 0.478 e. The first-order valence-corrected chi connectivity index (χ1v) is 3.32. The van der Waals surface area contributed by atoms with E-state index in [0.29, 0.717) is 5.69 Å². The van der Waals surface area contributed by atoms with Crippen molar-refractivity contribution in [1.29, 1.82) is 0 Å². The highest BCUT2D eigenvalue weighted by Gasteiger charge is 2.11. The van der Waals surface area contributed by atoms with Crippen molar-refractivity contribution in [2.75, 3.05) is 18.1 Å². The van der Waals surface area contributed by atoms with E-state index in [2.05, 4.69) is 10.3 Å². The van der Waals surface area contributed by atoms with Crippen LogP contribution in [0.1, 0.15) is 10.4 Å². The van der Waals surface area contributed by atoms with Gasteiger partial charge in [0.05, 0.1) is 11.3 Å². The molecule has 5 nitrogen and oxygen atoms in total. The fraction of sp³-hybridized carbons (Fsp3) is 0.143. The van der Waals surface area contributed by atoms with Crippen LogP contribution in [0.3, 0.4) is 0 Å². The molecule has 0 aliphatic carbocycles. The second-order valence-electron chi connectivity index (χ2n) is 2.17. The van der Waals surface area contributed by atoms with Crippen LogP contribution in [0, 0.1) is 0 Å². The van der Waals surface area contributed by atoms with E-state index in [1.165, 1.54) is 12.3 Å². The molecule has 0 fully saturated rings. The van der Waals surface area contributed by atoms with Gasteiger partial charge in [0.15, 0.2) is 0 Å². The number of carbonyl (C=O) groups is 1. The van der Waals surface area contributed by atoms with Crippen molar-refractivity contribution in [1.82, 2.24) is 4.98 Å². The Balaban J connectivity index is 3.27. The number of aromatic nitrogens is 1. The molecule has 0 unspecified atom stereocenters. The number of hydrogen-bond acceptors (Lipinski definition) is 4. The van der Waals surface area contributed by atoms with E-state index in [1.807, 2.05) is 0 Å². The zero-order valence-electron chi connectivity index (χ0n) is 6.53. The number of nitrogen functional groups attached to an aromatic ring is 1. The standard InChI is InChI=1S/C7H9N3O2/c1-9-5-4(7(11)12)2-3-10-6(5)8/h2-3,9H,1H3,(H2,8,10)(H,11,12). The molecule has 12 heavy (non-hydrogen) atoms. The Hall–Kier alpha value is -1.78. The average Bonchev–Trinajstić information content (AvgIpc) is 2.03. The second kappa shape index (κ2) is 3.08. The molecule has 1 rings (SSSR count). The van der Waals surface area contributed by atoms with Crippen LogP contribution in [0.15, 0.2) is 12.3 Å². The fourth-order valence-corrected chi connectivity index (χ4v) is 0.919. The van der Waals surface area contributed by atoms with Crippen molar-refractivity contribution < 1.29 is 9.90 Å². The minimum atomic E-state index is -1.02. The molecule has 0 bridgehead atoms. The fourth-order valence-electron chi connectivity index (χ4n) is 0.919. The zero-order chi connectivity index (χ0) is 9.14. The summed E-state index contributed by atoms with van der Waals surface area (Å²) in [6.07, 6.45) is 1.36. The minimum absolute atomic E-state index is 0.130. The van der Waals surface area contributed by atoms with Gasteiger partial charge in [-0.3, -0.25) is 0 Å². The van der Waals surface area contributed by atoms with Crippen molar-refractivity contribution >= 4 is 17.5 Å². The lowest BCUT2D eigenvalue weighted by Gasteiger charge is -2.06. The molecule has 0 saturated carbocycles. The highest BCUT2D eigenvalue weighted by Crippen LogP contribution is 2.19. The minimum Gasteiger partial charge on any atom is -0.478 e. The van der Waals surface area contributed by atoms with Crippen LogP contribution in [-0.2, 0) is 0 Å². The van der Waals surface area contributed by atoms with Gasteiger partial charge in [0.1, 0.15) is 5.82 Å². The van der Waals surface area contributed by atoms with Crippen LogP contribution < -0.4 is 11.1 Å². The van der Waals surface area contributed by atoms with Gasteiger partial charge in [0.2, 0.25) is 0 Å². The molecular formula is C7H9N3O2. The van der Waals surface area contributed by atoms with E-state index < -0.39 is 5.97 Å². The highest BCUT2D eigenvalue weighted by atomic mass is 16.4. The van der Waals surface area contributed by atoms with Gasteiger partial charge in [0, 0.05) is 13.2 Å². The van der Waals surface area contributed by atoms with Gasteiger partial charge >= 0.3 is 5.97 Å². The van der Waals surface area contributed by atoms with Crippen LogP contribution in [0.5, 0.6) is 0 Å².